The molecule has 1 heterocycles. The van der Waals surface area contributed by atoms with Crippen molar-refractivity contribution in [3.8, 4) is 11.5 Å². The van der Waals surface area contributed by atoms with E-state index < -0.39 is 23.9 Å². The van der Waals surface area contributed by atoms with Crippen molar-refractivity contribution in [2.24, 2.45) is 0 Å². The Labute approximate surface area is 140 Å². The zero-order valence-corrected chi connectivity index (χ0v) is 13.6. The molecule has 0 amide bonds. The molecule has 3 N–H and O–H groups in total. The summed E-state index contributed by atoms with van der Waals surface area (Å²) in [6.45, 7) is 1.54. The van der Waals surface area contributed by atoms with Crippen molar-refractivity contribution in [2.45, 2.75) is 51.2 Å². The van der Waals surface area contributed by atoms with Gasteiger partial charge in [0.05, 0.1) is 0 Å². The van der Waals surface area contributed by atoms with Crippen LogP contribution in [-0.4, -0.2) is 39.3 Å². The molecule has 2 rings (SSSR count). The number of aromatic hydroxyl groups is 2. The highest BCUT2D eigenvalue weighted by Crippen LogP contribution is 2.29. The molecule has 6 heteroatoms. The van der Waals surface area contributed by atoms with Crippen LogP contribution >= 0.6 is 0 Å². The number of aliphatic hydroxyl groups excluding tert-OH is 1. The number of aliphatic hydroxyl groups is 1. The fraction of sp³-hybridized carbons (Fsp3) is 0.444. The monoisotopic (exact) mass is 334 g/mol. The second kappa shape index (κ2) is 7.97. The second-order valence-electron chi connectivity index (χ2n) is 5.99. The average Bonchev–Trinajstić information content (AvgIpc) is 2.48. The lowest BCUT2D eigenvalue weighted by Gasteiger charge is -2.19. The summed E-state index contributed by atoms with van der Waals surface area (Å²) in [6.07, 6.45) is 4.09. The lowest BCUT2D eigenvalue weighted by molar-refractivity contribution is -0.118. The van der Waals surface area contributed by atoms with Gasteiger partial charge in [0.2, 0.25) is 0 Å². The number of benzene rings is 1. The molecule has 0 fully saturated rings. The van der Waals surface area contributed by atoms with Crippen molar-refractivity contribution < 1.29 is 29.6 Å². The SMILES string of the molecule is C[C@H]1OC(=O)c2c(O)cc(O)cc2CC(=O)CCCC/C=C\[C@@H]1O. The molecule has 0 bridgehead atoms. The summed E-state index contributed by atoms with van der Waals surface area (Å²) >= 11 is 0. The Balaban J connectivity index is 2.38. The maximum absolute atomic E-state index is 12.4. The van der Waals surface area contributed by atoms with Gasteiger partial charge in [0.1, 0.15) is 35.1 Å². The average molecular weight is 334 g/mol. The summed E-state index contributed by atoms with van der Waals surface area (Å²) in [5, 5.41) is 29.6. The molecule has 0 radical (unpaired) electrons. The van der Waals surface area contributed by atoms with Gasteiger partial charge in [-0.1, -0.05) is 12.2 Å². The number of esters is 1. The molecule has 0 unspecified atom stereocenters. The Morgan fingerprint density at radius 3 is 2.67 bits per heavy atom. The Morgan fingerprint density at radius 2 is 1.92 bits per heavy atom. The molecular formula is C18H22O6. The van der Waals surface area contributed by atoms with Gasteiger partial charge in [-0.15, -0.1) is 0 Å². The highest BCUT2D eigenvalue weighted by atomic mass is 16.6. The molecule has 24 heavy (non-hydrogen) atoms. The maximum Gasteiger partial charge on any atom is 0.342 e. The number of rotatable bonds is 0. The smallest absolute Gasteiger partial charge is 0.342 e. The van der Waals surface area contributed by atoms with E-state index in [-0.39, 0.29) is 29.1 Å². The lowest BCUT2D eigenvalue weighted by Crippen LogP contribution is -2.27. The minimum atomic E-state index is -0.957. The van der Waals surface area contributed by atoms with Crippen LogP contribution in [0.5, 0.6) is 11.5 Å². The van der Waals surface area contributed by atoms with Crippen LogP contribution in [0.3, 0.4) is 0 Å². The maximum atomic E-state index is 12.4. The normalized spacial score (nSPS) is 24.6. The van der Waals surface area contributed by atoms with Crippen LogP contribution in [0.25, 0.3) is 0 Å². The van der Waals surface area contributed by atoms with Gasteiger partial charge in [0, 0.05) is 18.9 Å². The van der Waals surface area contributed by atoms with Gasteiger partial charge in [0.25, 0.3) is 0 Å². The first-order valence-corrected chi connectivity index (χ1v) is 8.00. The third-order valence-corrected chi connectivity index (χ3v) is 3.96. The van der Waals surface area contributed by atoms with E-state index in [0.717, 1.165) is 18.9 Å². The number of hydrogen-bond donors (Lipinski definition) is 3. The molecule has 2 atom stereocenters. The van der Waals surface area contributed by atoms with Gasteiger partial charge < -0.3 is 20.1 Å². The van der Waals surface area contributed by atoms with Crippen molar-refractivity contribution in [3.05, 3.63) is 35.4 Å². The van der Waals surface area contributed by atoms with E-state index >= 15 is 0 Å². The summed E-state index contributed by atoms with van der Waals surface area (Å²) in [7, 11) is 0. The number of carbonyl (C=O) groups is 2. The number of phenolic OH excluding ortho intramolecular Hbond substituents is 2. The Kier molecular flexibility index (Phi) is 5.98. The van der Waals surface area contributed by atoms with Crippen LogP contribution in [-0.2, 0) is 16.0 Å². The largest absolute Gasteiger partial charge is 0.508 e. The van der Waals surface area contributed by atoms with Crippen LogP contribution in [0, 0.1) is 0 Å². The molecule has 1 aromatic rings. The number of carbonyl (C=O) groups excluding carboxylic acids is 2. The molecular weight excluding hydrogens is 312 g/mol. The van der Waals surface area contributed by atoms with Gasteiger partial charge in [-0.05, 0) is 37.8 Å². The van der Waals surface area contributed by atoms with E-state index in [1.54, 1.807) is 19.1 Å². The molecule has 1 aromatic carbocycles. The topological polar surface area (TPSA) is 104 Å². The molecule has 0 aliphatic carbocycles. The number of Topliss-reactive ketones (excluding diaryl/α,β-unsaturated/α-hetero) is 1. The summed E-state index contributed by atoms with van der Waals surface area (Å²) in [5.41, 5.74) is 0.0676. The third-order valence-electron chi connectivity index (χ3n) is 3.96. The summed E-state index contributed by atoms with van der Waals surface area (Å²) in [4.78, 5) is 24.4. The van der Waals surface area contributed by atoms with Crippen molar-refractivity contribution in [3.63, 3.8) is 0 Å². The van der Waals surface area contributed by atoms with Crippen LogP contribution < -0.4 is 0 Å². The van der Waals surface area contributed by atoms with Gasteiger partial charge in [-0.25, -0.2) is 4.79 Å². The van der Waals surface area contributed by atoms with Crippen molar-refractivity contribution >= 4 is 11.8 Å². The lowest BCUT2D eigenvalue weighted by atomic mass is 9.98. The molecule has 130 valence electrons. The van der Waals surface area contributed by atoms with E-state index in [1.807, 2.05) is 0 Å². The number of cyclic esters (lactones) is 1. The summed E-state index contributed by atoms with van der Waals surface area (Å²) in [5.74, 6) is -1.61. The minimum Gasteiger partial charge on any atom is -0.508 e. The van der Waals surface area contributed by atoms with Crippen molar-refractivity contribution in [2.75, 3.05) is 0 Å². The molecule has 0 saturated heterocycles. The van der Waals surface area contributed by atoms with Crippen LogP contribution in [0.1, 0.15) is 48.5 Å². The van der Waals surface area contributed by atoms with Crippen LogP contribution in [0.15, 0.2) is 24.3 Å². The predicted molar refractivity (Wildman–Crippen MR) is 87.0 cm³/mol. The number of ketones is 1. The zero-order valence-electron chi connectivity index (χ0n) is 13.6. The zero-order chi connectivity index (χ0) is 17.7. The fourth-order valence-corrected chi connectivity index (χ4v) is 2.62. The Hall–Kier alpha value is -2.34. The van der Waals surface area contributed by atoms with E-state index in [2.05, 4.69) is 0 Å². The molecule has 1 aliphatic rings. The quantitative estimate of drug-likeness (QED) is 0.496. The fourth-order valence-electron chi connectivity index (χ4n) is 2.62. The first-order valence-electron chi connectivity index (χ1n) is 8.00. The number of hydrogen-bond acceptors (Lipinski definition) is 6. The number of phenols is 2. The van der Waals surface area contributed by atoms with E-state index in [0.29, 0.717) is 12.8 Å². The van der Waals surface area contributed by atoms with E-state index in [4.69, 9.17) is 4.74 Å². The van der Waals surface area contributed by atoms with Gasteiger partial charge >= 0.3 is 5.97 Å². The number of fused-ring (bicyclic) bond motifs is 1. The van der Waals surface area contributed by atoms with Gasteiger partial charge in [-0.2, -0.15) is 0 Å². The summed E-state index contributed by atoms with van der Waals surface area (Å²) < 4.78 is 5.20. The van der Waals surface area contributed by atoms with E-state index in [1.165, 1.54) is 6.07 Å². The standard InChI is InChI=1S/C18H22O6/c1-11-15(21)7-5-3-2-4-6-13(19)8-12-9-14(20)10-16(22)17(12)18(23)24-11/h5,7,9-11,15,20-22H,2-4,6,8H2,1H3/b7-5-/t11-,15+/m1/s1. The van der Waals surface area contributed by atoms with Gasteiger partial charge in [0.15, 0.2) is 0 Å². The van der Waals surface area contributed by atoms with Crippen LogP contribution in [0.2, 0.25) is 0 Å². The Bertz CT molecular complexity index is 649. The highest BCUT2D eigenvalue weighted by Gasteiger charge is 2.24. The number of allylic oxidation sites excluding steroid dienone is 1. The van der Waals surface area contributed by atoms with Crippen molar-refractivity contribution in [1.82, 2.24) is 0 Å². The van der Waals surface area contributed by atoms with Crippen LogP contribution in [0.4, 0.5) is 0 Å². The molecule has 0 aromatic heterocycles. The second-order valence-corrected chi connectivity index (χ2v) is 5.99. The third kappa shape index (κ3) is 4.58. The predicted octanol–water partition coefficient (Wildman–Crippen LogP) is 2.25. The number of ether oxygens (including phenoxy) is 1. The molecule has 6 nitrogen and oxygen atoms in total. The van der Waals surface area contributed by atoms with E-state index in [9.17, 15) is 24.9 Å². The van der Waals surface area contributed by atoms with Gasteiger partial charge in [-0.3, -0.25) is 4.79 Å². The summed E-state index contributed by atoms with van der Waals surface area (Å²) in [6, 6.07) is 2.30. The Morgan fingerprint density at radius 1 is 1.17 bits per heavy atom. The molecule has 0 spiro atoms. The minimum absolute atomic E-state index is 0.0703. The molecule has 1 aliphatic heterocycles. The highest BCUT2D eigenvalue weighted by molar-refractivity contribution is 5.96. The first-order chi connectivity index (χ1) is 11.4. The first kappa shape index (κ1) is 18.0. The molecule has 0 saturated carbocycles. The van der Waals surface area contributed by atoms with Crippen molar-refractivity contribution in [1.29, 1.82) is 0 Å².